The van der Waals surface area contributed by atoms with E-state index in [-0.39, 0.29) is 17.2 Å². The van der Waals surface area contributed by atoms with Crippen LogP contribution in [0.2, 0.25) is 0 Å². The summed E-state index contributed by atoms with van der Waals surface area (Å²) in [7, 11) is 0. The molecule has 25 heavy (non-hydrogen) atoms. The molecule has 1 aromatic heterocycles. The van der Waals surface area contributed by atoms with Crippen molar-refractivity contribution in [1.29, 1.82) is 0 Å². The van der Waals surface area contributed by atoms with Crippen LogP contribution < -0.4 is 10.9 Å². The number of hydrogen-bond donors (Lipinski definition) is 2. The summed E-state index contributed by atoms with van der Waals surface area (Å²) in [5.41, 5.74) is -0.298. The molecule has 9 heteroatoms. The lowest BCUT2D eigenvalue weighted by Crippen LogP contribution is -2.25. The van der Waals surface area contributed by atoms with Gasteiger partial charge >= 0.3 is 6.18 Å². The molecule has 134 valence electrons. The summed E-state index contributed by atoms with van der Waals surface area (Å²) < 4.78 is 37.6. The average molecular weight is 371 g/mol. The van der Waals surface area contributed by atoms with E-state index in [1.54, 1.807) is 13.8 Å². The van der Waals surface area contributed by atoms with Crippen molar-refractivity contribution in [2.24, 2.45) is 0 Å². The number of alkyl halides is 3. The van der Waals surface area contributed by atoms with Crippen LogP contribution in [0, 0.1) is 6.92 Å². The van der Waals surface area contributed by atoms with Crippen LogP contribution in [0.4, 0.5) is 18.9 Å². The molecule has 0 saturated heterocycles. The van der Waals surface area contributed by atoms with Crippen molar-refractivity contribution in [1.82, 2.24) is 9.97 Å². The Morgan fingerprint density at radius 2 is 1.96 bits per heavy atom. The number of nitrogens with zero attached hydrogens (tertiary/aromatic N) is 1. The quantitative estimate of drug-likeness (QED) is 0.622. The maximum Gasteiger partial charge on any atom is 0.416 e. The highest BCUT2D eigenvalue weighted by Crippen LogP contribution is 2.30. The first-order valence-corrected chi connectivity index (χ1v) is 8.29. The molecule has 5 nitrogen and oxygen atoms in total. The summed E-state index contributed by atoms with van der Waals surface area (Å²) in [6.07, 6.45) is -3.97. The summed E-state index contributed by atoms with van der Waals surface area (Å²) in [5, 5.41) is 2.34. The number of hydrogen-bond acceptors (Lipinski definition) is 4. The Morgan fingerprint density at radius 3 is 2.48 bits per heavy atom. The van der Waals surface area contributed by atoms with Gasteiger partial charge in [0, 0.05) is 17.4 Å². The van der Waals surface area contributed by atoms with Crippen LogP contribution in [0.1, 0.15) is 24.6 Å². The fourth-order valence-corrected chi connectivity index (χ4v) is 2.99. The van der Waals surface area contributed by atoms with Crippen molar-refractivity contribution >= 4 is 23.4 Å². The smallest absolute Gasteiger partial charge is 0.325 e. The molecule has 2 rings (SSSR count). The van der Waals surface area contributed by atoms with Gasteiger partial charge in [-0.05, 0) is 37.6 Å². The van der Waals surface area contributed by atoms with Gasteiger partial charge in [-0.3, -0.25) is 9.59 Å². The lowest BCUT2D eigenvalue weighted by Gasteiger charge is -2.14. The lowest BCUT2D eigenvalue weighted by atomic mass is 10.2. The first-order chi connectivity index (χ1) is 11.7. The first kappa shape index (κ1) is 19.0. The summed E-state index contributed by atoms with van der Waals surface area (Å²) in [4.78, 5) is 30.5. The van der Waals surface area contributed by atoms with Gasteiger partial charge in [0.15, 0.2) is 5.16 Å². The van der Waals surface area contributed by atoms with Gasteiger partial charge in [-0.2, -0.15) is 13.2 Å². The van der Waals surface area contributed by atoms with Gasteiger partial charge in [0.05, 0.1) is 10.8 Å². The van der Waals surface area contributed by atoms with E-state index in [4.69, 9.17) is 0 Å². The van der Waals surface area contributed by atoms with E-state index >= 15 is 0 Å². The van der Waals surface area contributed by atoms with E-state index in [0.717, 1.165) is 23.9 Å². The Bertz CT molecular complexity index is 804. The van der Waals surface area contributed by atoms with Gasteiger partial charge < -0.3 is 10.3 Å². The maximum atomic E-state index is 12.5. The molecule has 1 amide bonds. The third-order valence-corrected chi connectivity index (χ3v) is 4.49. The molecular weight excluding hydrogens is 355 g/mol. The number of aromatic nitrogens is 2. The Kier molecular flexibility index (Phi) is 5.89. The Balaban J connectivity index is 2.08. The summed E-state index contributed by atoms with van der Waals surface area (Å²) in [6, 6.07) is 5.55. The number of nitrogens with one attached hydrogen (secondary N) is 2. The standard InChI is InChI=1S/C16H16F3N3O2S/c1-3-12(25-15-20-9(2)8-13(23)22-15)14(24)21-11-6-4-10(5-7-11)16(17,18)19/h4-8,12H,3H2,1-2H3,(H,21,24)(H,20,22,23). The van der Waals surface area contributed by atoms with Crippen molar-refractivity contribution in [3.8, 4) is 0 Å². The zero-order chi connectivity index (χ0) is 18.6. The van der Waals surface area contributed by atoms with Crippen molar-refractivity contribution in [3.05, 3.63) is 51.9 Å². The molecule has 0 aliphatic carbocycles. The van der Waals surface area contributed by atoms with Gasteiger partial charge in [-0.25, -0.2) is 4.98 Å². The minimum Gasteiger partial charge on any atom is -0.325 e. The van der Waals surface area contributed by atoms with Crippen LogP contribution in [0.3, 0.4) is 0 Å². The van der Waals surface area contributed by atoms with Gasteiger partial charge in [-0.15, -0.1) is 0 Å². The van der Waals surface area contributed by atoms with Crippen LogP contribution >= 0.6 is 11.8 Å². The Morgan fingerprint density at radius 1 is 1.32 bits per heavy atom. The van der Waals surface area contributed by atoms with E-state index in [1.165, 1.54) is 18.2 Å². The second-order valence-electron chi connectivity index (χ2n) is 5.27. The molecule has 2 N–H and O–H groups in total. The number of rotatable bonds is 5. The number of carbonyl (C=O) groups excluding carboxylic acids is 1. The van der Waals surface area contributed by atoms with Gasteiger partial charge in [0.25, 0.3) is 5.56 Å². The van der Waals surface area contributed by atoms with E-state index in [2.05, 4.69) is 15.3 Å². The monoisotopic (exact) mass is 371 g/mol. The predicted octanol–water partition coefficient (Wildman–Crippen LogP) is 3.61. The van der Waals surface area contributed by atoms with Crippen molar-refractivity contribution in [2.45, 2.75) is 36.9 Å². The van der Waals surface area contributed by atoms with Gasteiger partial charge in [0.2, 0.25) is 5.91 Å². The number of aryl methyl sites for hydroxylation is 1. The van der Waals surface area contributed by atoms with E-state index < -0.39 is 17.0 Å². The molecule has 0 spiro atoms. The van der Waals surface area contributed by atoms with E-state index in [9.17, 15) is 22.8 Å². The largest absolute Gasteiger partial charge is 0.416 e. The first-order valence-electron chi connectivity index (χ1n) is 7.41. The summed E-state index contributed by atoms with van der Waals surface area (Å²) in [6.45, 7) is 3.46. The molecule has 0 saturated carbocycles. The molecule has 0 bridgehead atoms. The van der Waals surface area contributed by atoms with Crippen LogP contribution in [0.15, 0.2) is 40.3 Å². The number of carbonyl (C=O) groups is 1. The van der Waals surface area contributed by atoms with Crippen LogP contribution in [0.25, 0.3) is 0 Å². The topological polar surface area (TPSA) is 74.8 Å². The minimum atomic E-state index is -4.42. The van der Waals surface area contributed by atoms with Crippen molar-refractivity contribution < 1.29 is 18.0 Å². The number of H-pyrrole nitrogens is 1. The Hall–Kier alpha value is -2.29. The molecule has 1 atom stereocenters. The number of benzene rings is 1. The average Bonchev–Trinajstić information content (AvgIpc) is 2.51. The molecule has 2 aromatic rings. The fourth-order valence-electron chi connectivity index (χ4n) is 2.03. The van der Waals surface area contributed by atoms with Crippen molar-refractivity contribution in [3.63, 3.8) is 0 Å². The fraction of sp³-hybridized carbons (Fsp3) is 0.312. The second kappa shape index (κ2) is 7.73. The zero-order valence-corrected chi connectivity index (χ0v) is 14.3. The molecule has 1 unspecified atom stereocenters. The maximum absolute atomic E-state index is 12.5. The number of thioether (sulfide) groups is 1. The molecule has 1 heterocycles. The molecular formula is C16H16F3N3O2S. The Labute approximate surface area is 146 Å². The zero-order valence-electron chi connectivity index (χ0n) is 13.5. The highest BCUT2D eigenvalue weighted by Gasteiger charge is 2.30. The van der Waals surface area contributed by atoms with Crippen molar-refractivity contribution in [2.75, 3.05) is 5.32 Å². The molecule has 0 radical (unpaired) electrons. The van der Waals surface area contributed by atoms with Gasteiger partial charge in [-0.1, -0.05) is 18.7 Å². The van der Waals surface area contributed by atoms with E-state index in [0.29, 0.717) is 17.3 Å². The SMILES string of the molecule is CCC(Sc1nc(C)cc(=O)[nH]1)C(=O)Nc1ccc(C(F)(F)F)cc1. The van der Waals surface area contributed by atoms with E-state index in [1.807, 2.05) is 0 Å². The highest BCUT2D eigenvalue weighted by atomic mass is 32.2. The predicted molar refractivity (Wildman–Crippen MR) is 89.6 cm³/mol. The van der Waals surface area contributed by atoms with Crippen LogP contribution in [-0.4, -0.2) is 21.1 Å². The normalized spacial score (nSPS) is 12.7. The van der Waals surface area contributed by atoms with Crippen LogP contribution in [0.5, 0.6) is 0 Å². The minimum absolute atomic E-state index is 0.266. The molecule has 0 fully saturated rings. The molecule has 1 aromatic carbocycles. The third-order valence-electron chi connectivity index (χ3n) is 3.24. The molecule has 0 aliphatic heterocycles. The summed E-state index contributed by atoms with van der Waals surface area (Å²) >= 11 is 1.09. The molecule has 0 aliphatic rings. The second-order valence-corrected chi connectivity index (χ2v) is 6.46. The number of halogens is 3. The number of aromatic amines is 1. The third kappa shape index (κ3) is 5.35. The van der Waals surface area contributed by atoms with Gasteiger partial charge in [0.1, 0.15) is 0 Å². The number of anilines is 1. The number of amides is 1. The summed E-state index contributed by atoms with van der Waals surface area (Å²) in [5.74, 6) is -0.378. The van der Waals surface area contributed by atoms with Crippen LogP contribution in [-0.2, 0) is 11.0 Å². The highest BCUT2D eigenvalue weighted by molar-refractivity contribution is 8.00. The lowest BCUT2D eigenvalue weighted by molar-refractivity contribution is -0.137.